The summed E-state index contributed by atoms with van der Waals surface area (Å²) in [5, 5.41) is 8.61. The van der Waals surface area contributed by atoms with Gasteiger partial charge in [0.05, 0.1) is 12.1 Å². The van der Waals surface area contributed by atoms with Gasteiger partial charge in [0.15, 0.2) is 0 Å². The van der Waals surface area contributed by atoms with Crippen LogP contribution in [0.1, 0.15) is 10.4 Å². The van der Waals surface area contributed by atoms with Crippen LogP contribution in [0.15, 0.2) is 18.7 Å². The largest absolute Gasteiger partial charge is 0.480 e. The Morgan fingerprint density at radius 2 is 2.06 bits per heavy atom. The van der Waals surface area contributed by atoms with E-state index in [1.807, 2.05) is 0 Å². The minimum Gasteiger partial charge on any atom is -0.480 e. The average molecular weight is 219 g/mol. The van der Waals surface area contributed by atoms with E-state index in [0.29, 0.717) is 0 Å². The Balaban J connectivity index is 2.84. The van der Waals surface area contributed by atoms with Crippen molar-refractivity contribution in [2.75, 3.05) is 13.1 Å². The summed E-state index contributed by atoms with van der Waals surface area (Å²) >= 11 is 0. The van der Waals surface area contributed by atoms with Gasteiger partial charge in [0, 0.05) is 12.4 Å². The Morgan fingerprint density at radius 3 is 2.56 bits per heavy atom. The van der Waals surface area contributed by atoms with Gasteiger partial charge in [0.2, 0.25) is 0 Å². The van der Waals surface area contributed by atoms with Crippen molar-refractivity contribution in [2.45, 2.75) is 0 Å². The SMILES string of the molecule is C#CCN(CC(=O)O)C(=O)c1cncnc1. The maximum atomic E-state index is 11.8. The molecule has 1 amide bonds. The molecule has 0 atom stereocenters. The second-order valence-corrected chi connectivity index (χ2v) is 2.89. The molecular formula is C10H9N3O3. The van der Waals surface area contributed by atoms with E-state index < -0.39 is 18.4 Å². The zero-order chi connectivity index (χ0) is 12.0. The molecule has 16 heavy (non-hydrogen) atoms. The first kappa shape index (κ1) is 11.7. The standard InChI is InChI=1S/C10H9N3O3/c1-2-3-13(6-9(14)15)10(16)8-4-11-7-12-5-8/h1,4-5,7H,3,6H2,(H,14,15). The molecule has 0 aromatic carbocycles. The van der Waals surface area contributed by atoms with Crippen LogP contribution in [-0.4, -0.2) is 44.9 Å². The van der Waals surface area contributed by atoms with Crippen LogP contribution in [0, 0.1) is 12.3 Å². The van der Waals surface area contributed by atoms with Crippen molar-refractivity contribution in [1.82, 2.24) is 14.9 Å². The number of nitrogens with zero attached hydrogens (tertiary/aromatic N) is 3. The molecule has 6 nitrogen and oxygen atoms in total. The molecule has 0 saturated carbocycles. The minimum atomic E-state index is -1.12. The van der Waals surface area contributed by atoms with Crippen LogP contribution in [0.3, 0.4) is 0 Å². The maximum absolute atomic E-state index is 11.8. The molecule has 0 unspecified atom stereocenters. The molecule has 1 aromatic rings. The van der Waals surface area contributed by atoms with E-state index in [4.69, 9.17) is 11.5 Å². The summed E-state index contributed by atoms with van der Waals surface area (Å²) in [6.07, 6.45) is 8.94. The number of aromatic nitrogens is 2. The first-order chi connectivity index (χ1) is 7.65. The first-order valence-corrected chi connectivity index (χ1v) is 4.34. The van der Waals surface area contributed by atoms with Crippen molar-refractivity contribution in [3.8, 4) is 12.3 Å². The third-order valence-corrected chi connectivity index (χ3v) is 1.70. The molecule has 0 aliphatic rings. The van der Waals surface area contributed by atoms with Crippen LogP contribution in [0.25, 0.3) is 0 Å². The van der Waals surface area contributed by atoms with Crippen LogP contribution in [0.2, 0.25) is 0 Å². The van der Waals surface area contributed by atoms with Crippen molar-refractivity contribution < 1.29 is 14.7 Å². The van der Waals surface area contributed by atoms with E-state index in [-0.39, 0.29) is 12.1 Å². The molecule has 0 aliphatic carbocycles. The number of hydrogen-bond donors (Lipinski definition) is 1. The highest BCUT2D eigenvalue weighted by molar-refractivity contribution is 5.95. The van der Waals surface area contributed by atoms with Gasteiger partial charge in [-0.25, -0.2) is 9.97 Å². The molecule has 82 valence electrons. The van der Waals surface area contributed by atoms with Crippen LogP contribution in [-0.2, 0) is 4.79 Å². The number of amides is 1. The summed E-state index contributed by atoms with van der Waals surface area (Å²) in [5.41, 5.74) is 0.207. The Hall–Kier alpha value is -2.42. The molecule has 6 heteroatoms. The highest BCUT2D eigenvalue weighted by Crippen LogP contribution is 2.01. The van der Waals surface area contributed by atoms with Crippen molar-refractivity contribution >= 4 is 11.9 Å². The molecule has 1 rings (SSSR count). The van der Waals surface area contributed by atoms with Crippen molar-refractivity contribution in [3.63, 3.8) is 0 Å². The second kappa shape index (κ2) is 5.46. The van der Waals surface area contributed by atoms with E-state index in [2.05, 4.69) is 15.9 Å². The number of carbonyl (C=O) groups is 2. The third-order valence-electron chi connectivity index (χ3n) is 1.70. The summed E-state index contributed by atoms with van der Waals surface area (Å²) in [7, 11) is 0. The van der Waals surface area contributed by atoms with Gasteiger partial charge >= 0.3 is 5.97 Å². The first-order valence-electron chi connectivity index (χ1n) is 4.34. The molecule has 0 aliphatic heterocycles. The second-order valence-electron chi connectivity index (χ2n) is 2.89. The summed E-state index contributed by atoms with van der Waals surface area (Å²) in [6, 6.07) is 0. The molecule has 1 aromatic heterocycles. The fourth-order valence-electron chi connectivity index (χ4n) is 1.07. The normalized spacial score (nSPS) is 9.19. The topological polar surface area (TPSA) is 83.4 Å². The number of carboxylic acids is 1. The van der Waals surface area contributed by atoms with Crippen LogP contribution < -0.4 is 0 Å². The lowest BCUT2D eigenvalue weighted by molar-refractivity contribution is -0.137. The van der Waals surface area contributed by atoms with E-state index in [1.54, 1.807) is 0 Å². The lowest BCUT2D eigenvalue weighted by Crippen LogP contribution is -2.36. The minimum absolute atomic E-state index is 0.0694. The molecule has 1 N–H and O–H groups in total. The van der Waals surface area contributed by atoms with Gasteiger partial charge in [-0.15, -0.1) is 6.42 Å². The number of rotatable bonds is 4. The van der Waals surface area contributed by atoms with E-state index in [1.165, 1.54) is 18.7 Å². The van der Waals surface area contributed by atoms with Gasteiger partial charge in [-0.05, 0) is 0 Å². The number of aliphatic carboxylic acids is 1. The number of hydrogen-bond acceptors (Lipinski definition) is 4. The summed E-state index contributed by atoms with van der Waals surface area (Å²) in [6.45, 7) is -0.516. The zero-order valence-corrected chi connectivity index (χ0v) is 8.33. The maximum Gasteiger partial charge on any atom is 0.323 e. The smallest absolute Gasteiger partial charge is 0.323 e. The Bertz CT molecular complexity index is 425. The molecule has 0 bridgehead atoms. The monoisotopic (exact) mass is 219 g/mol. The van der Waals surface area contributed by atoms with Gasteiger partial charge in [0.1, 0.15) is 12.9 Å². The predicted molar refractivity (Wildman–Crippen MR) is 54.4 cm³/mol. The summed E-state index contributed by atoms with van der Waals surface area (Å²) in [4.78, 5) is 30.7. The fourth-order valence-corrected chi connectivity index (χ4v) is 1.07. The van der Waals surface area contributed by atoms with Crippen LogP contribution in [0.5, 0.6) is 0 Å². The summed E-state index contributed by atoms with van der Waals surface area (Å²) < 4.78 is 0. The average Bonchev–Trinajstić information content (AvgIpc) is 2.28. The quantitative estimate of drug-likeness (QED) is 0.699. The Morgan fingerprint density at radius 1 is 1.44 bits per heavy atom. The zero-order valence-electron chi connectivity index (χ0n) is 8.33. The molecule has 1 heterocycles. The Kier molecular flexibility index (Phi) is 3.98. The predicted octanol–water partition coefficient (Wildman–Crippen LogP) is -0.363. The fraction of sp³-hybridized carbons (Fsp3) is 0.200. The van der Waals surface area contributed by atoms with Crippen molar-refractivity contribution in [2.24, 2.45) is 0 Å². The molecule has 0 radical (unpaired) electrons. The lowest BCUT2D eigenvalue weighted by Gasteiger charge is -2.17. The highest BCUT2D eigenvalue weighted by Gasteiger charge is 2.17. The number of carboxylic acid groups (broad SMARTS) is 1. The van der Waals surface area contributed by atoms with Gasteiger partial charge in [-0.3, -0.25) is 9.59 Å². The highest BCUT2D eigenvalue weighted by atomic mass is 16.4. The number of carbonyl (C=O) groups excluding carboxylic acids is 1. The van der Waals surface area contributed by atoms with E-state index in [0.717, 1.165) is 4.90 Å². The Labute approximate surface area is 91.9 Å². The van der Waals surface area contributed by atoms with Gasteiger partial charge in [-0.2, -0.15) is 0 Å². The molecule has 0 spiro atoms. The van der Waals surface area contributed by atoms with E-state index >= 15 is 0 Å². The van der Waals surface area contributed by atoms with Crippen molar-refractivity contribution in [1.29, 1.82) is 0 Å². The van der Waals surface area contributed by atoms with Gasteiger partial charge < -0.3 is 10.0 Å². The third kappa shape index (κ3) is 3.06. The summed E-state index contributed by atoms with van der Waals surface area (Å²) in [5.74, 6) is 0.601. The lowest BCUT2D eigenvalue weighted by atomic mass is 10.3. The van der Waals surface area contributed by atoms with Crippen molar-refractivity contribution in [3.05, 3.63) is 24.3 Å². The van der Waals surface area contributed by atoms with Gasteiger partial charge in [-0.1, -0.05) is 5.92 Å². The molecule has 0 saturated heterocycles. The van der Waals surface area contributed by atoms with Crippen LogP contribution in [0.4, 0.5) is 0 Å². The van der Waals surface area contributed by atoms with E-state index in [9.17, 15) is 9.59 Å². The molecular weight excluding hydrogens is 210 g/mol. The van der Waals surface area contributed by atoms with Gasteiger partial charge in [0.25, 0.3) is 5.91 Å². The number of terminal acetylenes is 1. The van der Waals surface area contributed by atoms with Crippen LogP contribution >= 0.6 is 0 Å². The molecule has 0 fully saturated rings.